The molecule has 11 heavy (non-hydrogen) atoms. The number of benzene rings is 1. The van der Waals surface area contributed by atoms with E-state index in [4.69, 9.17) is 16.8 Å². The molecule has 0 saturated carbocycles. The van der Waals surface area contributed by atoms with Crippen molar-refractivity contribution in [1.82, 2.24) is 0 Å². The normalized spacial score (nSPS) is 11.6. The van der Waals surface area contributed by atoms with Gasteiger partial charge in [0.05, 0.1) is 0 Å². The fourth-order valence-electron chi connectivity index (χ4n) is 0.675. The molecule has 0 fully saturated rings. The predicted octanol–water partition coefficient (Wildman–Crippen LogP) is 2.82. The van der Waals surface area contributed by atoms with Crippen LogP contribution in [0.15, 0.2) is 33.9 Å². The third kappa shape index (κ3) is 2.20. The summed E-state index contributed by atoms with van der Waals surface area (Å²) >= 11 is 8.81. The van der Waals surface area contributed by atoms with E-state index in [1.807, 2.05) is 12.1 Å². The predicted molar refractivity (Wildman–Crippen MR) is 48.3 cm³/mol. The molecule has 1 aromatic carbocycles. The van der Waals surface area contributed by atoms with Gasteiger partial charge in [-0.3, -0.25) is 0 Å². The van der Waals surface area contributed by atoms with Crippen LogP contribution in [0.1, 0.15) is 5.56 Å². The van der Waals surface area contributed by atoms with E-state index >= 15 is 0 Å². The third-order valence-corrected chi connectivity index (χ3v) is 1.94. The molecule has 58 valence electrons. The second-order valence-electron chi connectivity index (χ2n) is 1.90. The maximum absolute atomic E-state index is 8.32. The number of oxime groups is 1. The van der Waals surface area contributed by atoms with Gasteiger partial charge in [0.1, 0.15) is 0 Å². The maximum atomic E-state index is 8.32. The van der Waals surface area contributed by atoms with Crippen LogP contribution in [0.25, 0.3) is 0 Å². The standard InChI is InChI=1S/C7H5BrClNO/c8-6-3-1-2-5(4-6)7(9)10-11/h1-4,11H. The van der Waals surface area contributed by atoms with Crippen LogP contribution in [0, 0.1) is 0 Å². The Morgan fingerprint density at radius 1 is 1.55 bits per heavy atom. The second kappa shape index (κ2) is 3.74. The highest BCUT2D eigenvalue weighted by Gasteiger charge is 1.98. The molecule has 1 N–H and O–H groups in total. The van der Waals surface area contributed by atoms with E-state index in [2.05, 4.69) is 21.1 Å². The van der Waals surface area contributed by atoms with Crippen LogP contribution in [0.4, 0.5) is 0 Å². The summed E-state index contributed by atoms with van der Waals surface area (Å²) in [5.74, 6) is 0. The van der Waals surface area contributed by atoms with Crippen LogP contribution in [-0.2, 0) is 0 Å². The molecule has 0 aromatic heterocycles. The summed E-state index contributed by atoms with van der Waals surface area (Å²) in [5.41, 5.74) is 0.684. The van der Waals surface area contributed by atoms with Gasteiger partial charge in [-0.1, -0.05) is 44.8 Å². The zero-order valence-electron chi connectivity index (χ0n) is 5.46. The van der Waals surface area contributed by atoms with Gasteiger partial charge in [0.25, 0.3) is 0 Å². The number of nitrogens with zero attached hydrogens (tertiary/aromatic N) is 1. The summed E-state index contributed by atoms with van der Waals surface area (Å²) in [4.78, 5) is 0. The number of hydrogen-bond donors (Lipinski definition) is 1. The van der Waals surface area contributed by atoms with Crippen LogP contribution in [-0.4, -0.2) is 10.4 Å². The van der Waals surface area contributed by atoms with E-state index in [-0.39, 0.29) is 5.17 Å². The molecule has 0 aliphatic rings. The molecule has 0 spiro atoms. The van der Waals surface area contributed by atoms with Crippen LogP contribution in [0.3, 0.4) is 0 Å². The lowest BCUT2D eigenvalue weighted by atomic mass is 10.2. The van der Waals surface area contributed by atoms with Crippen molar-refractivity contribution in [2.45, 2.75) is 0 Å². The Hall–Kier alpha value is -0.540. The zero-order valence-corrected chi connectivity index (χ0v) is 7.80. The molecule has 1 aromatic rings. The minimum atomic E-state index is 0.0892. The van der Waals surface area contributed by atoms with Crippen molar-refractivity contribution < 1.29 is 5.21 Å². The van der Waals surface area contributed by atoms with E-state index < -0.39 is 0 Å². The van der Waals surface area contributed by atoms with Crippen molar-refractivity contribution in [3.8, 4) is 0 Å². The van der Waals surface area contributed by atoms with Crippen LogP contribution >= 0.6 is 27.5 Å². The maximum Gasteiger partial charge on any atom is 0.175 e. The second-order valence-corrected chi connectivity index (χ2v) is 3.17. The zero-order chi connectivity index (χ0) is 8.27. The number of hydrogen-bond acceptors (Lipinski definition) is 2. The molecular weight excluding hydrogens is 229 g/mol. The first-order valence-electron chi connectivity index (χ1n) is 2.87. The molecule has 0 atom stereocenters. The molecule has 2 nitrogen and oxygen atoms in total. The van der Waals surface area contributed by atoms with Gasteiger partial charge in [-0.2, -0.15) is 0 Å². The Labute approximate surface area is 77.6 Å². The van der Waals surface area contributed by atoms with Gasteiger partial charge in [-0.15, -0.1) is 0 Å². The third-order valence-electron chi connectivity index (χ3n) is 1.15. The van der Waals surface area contributed by atoms with E-state index in [1.165, 1.54) is 0 Å². The van der Waals surface area contributed by atoms with Crippen molar-refractivity contribution in [3.63, 3.8) is 0 Å². The first-order chi connectivity index (χ1) is 5.24. The Balaban J connectivity index is 3.06. The Bertz CT molecular complexity index is 288. The summed E-state index contributed by atoms with van der Waals surface area (Å²) in [7, 11) is 0. The molecule has 0 bridgehead atoms. The monoisotopic (exact) mass is 233 g/mol. The SMILES string of the molecule is ON=C(Cl)c1cccc(Br)c1. The Morgan fingerprint density at radius 2 is 2.27 bits per heavy atom. The van der Waals surface area contributed by atoms with E-state index in [0.717, 1.165) is 4.47 Å². The number of halogens is 2. The highest BCUT2D eigenvalue weighted by atomic mass is 79.9. The van der Waals surface area contributed by atoms with E-state index in [9.17, 15) is 0 Å². The van der Waals surface area contributed by atoms with Crippen LogP contribution in [0.5, 0.6) is 0 Å². The van der Waals surface area contributed by atoms with Crippen molar-refractivity contribution >= 4 is 32.7 Å². The first-order valence-corrected chi connectivity index (χ1v) is 4.04. The highest BCUT2D eigenvalue weighted by Crippen LogP contribution is 2.13. The van der Waals surface area contributed by atoms with E-state index in [1.54, 1.807) is 12.1 Å². The van der Waals surface area contributed by atoms with Gasteiger partial charge < -0.3 is 5.21 Å². The molecule has 0 amide bonds. The molecule has 4 heteroatoms. The fraction of sp³-hybridized carbons (Fsp3) is 0. The molecule has 0 radical (unpaired) electrons. The average Bonchev–Trinajstić information content (AvgIpc) is 2.03. The molecule has 0 aliphatic carbocycles. The molecule has 0 heterocycles. The summed E-state index contributed by atoms with van der Waals surface area (Å²) in [6, 6.07) is 7.20. The van der Waals surface area contributed by atoms with Crippen molar-refractivity contribution in [3.05, 3.63) is 34.3 Å². The van der Waals surface area contributed by atoms with Crippen molar-refractivity contribution in [2.75, 3.05) is 0 Å². The van der Waals surface area contributed by atoms with Gasteiger partial charge >= 0.3 is 0 Å². The van der Waals surface area contributed by atoms with Crippen molar-refractivity contribution in [1.29, 1.82) is 0 Å². The average molecular weight is 234 g/mol. The summed E-state index contributed by atoms with van der Waals surface area (Å²) in [5, 5.41) is 11.3. The fourth-order valence-corrected chi connectivity index (χ4v) is 1.19. The Kier molecular flexibility index (Phi) is 2.91. The Morgan fingerprint density at radius 3 is 2.82 bits per heavy atom. The molecule has 0 unspecified atom stereocenters. The topological polar surface area (TPSA) is 32.6 Å². The summed E-state index contributed by atoms with van der Waals surface area (Å²) in [6.45, 7) is 0. The van der Waals surface area contributed by atoms with Gasteiger partial charge in [-0.25, -0.2) is 0 Å². The highest BCUT2D eigenvalue weighted by molar-refractivity contribution is 9.10. The van der Waals surface area contributed by atoms with Crippen molar-refractivity contribution in [2.24, 2.45) is 5.16 Å². The quantitative estimate of drug-likeness (QED) is 0.452. The number of rotatable bonds is 1. The van der Waals surface area contributed by atoms with Gasteiger partial charge in [0, 0.05) is 10.0 Å². The van der Waals surface area contributed by atoms with Crippen LogP contribution in [0.2, 0.25) is 0 Å². The smallest absolute Gasteiger partial charge is 0.175 e. The minimum absolute atomic E-state index is 0.0892. The summed E-state index contributed by atoms with van der Waals surface area (Å²) < 4.78 is 0.900. The molecular formula is C7H5BrClNO. The lowest BCUT2D eigenvalue weighted by Crippen LogP contribution is -1.89. The van der Waals surface area contributed by atoms with E-state index in [0.29, 0.717) is 5.56 Å². The van der Waals surface area contributed by atoms with Crippen LogP contribution < -0.4 is 0 Å². The molecule has 0 saturated heterocycles. The summed E-state index contributed by atoms with van der Waals surface area (Å²) in [6.07, 6.45) is 0. The van der Waals surface area contributed by atoms with Gasteiger partial charge in [0.15, 0.2) is 5.17 Å². The lowest BCUT2D eigenvalue weighted by molar-refractivity contribution is 0.321. The molecule has 1 rings (SSSR count). The lowest BCUT2D eigenvalue weighted by Gasteiger charge is -1.95. The largest absolute Gasteiger partial charge is 0.410 e. The first kappa shape index (κ1) is 8.56. The molecule has 0 aliphatic heterocycles. The minimum Gasteiger partial charge on any atom is -0.410 e. The van der Waals surface area contributed by atoms with Gasteiger partial charge in [-0.05, 0) is 12.1 Å². The van der Waals surface area contributed by atoms with Gasteiger partial charge in [0.2, 0.25) is 0 Å².